The van der Waals surface area contributed by atoms with Gasteiger partial charge in [0.05, 0.1) is 22.6 Å². The number of non-ortho nitro benzene ring substituents is 1. The van der Waals surface area contributed by atoms with Crippen molar-refractivity contribution in [2.75, 3.05) is 24.5 Å². The van der Waals surface area contributed by atoms with Gasteiger partial charge in [-0.1, -0.05) is 80.1 Å². The van der Waals surface area contributed by atoms with E-state index in [2.05, 4.69) is 5.32 Å². The van der Waals surface area contributed by atoms with Crippen molar-refractivity contribution >= 4 is 33.2 Å². The number of unbranched alkanes of at least 4 members (excludes halogenated alkanes) is 1. The van der Waals surface area contributed by atoms with Gasteiger partial charge in [0.25, 0.3) is 15.7 Å². The zero-order chi connectivity index (χ0) is 33.8. The van der Waals surface area contributed by atoms with Crippen LogP contribution in [0.2, 0.25) is 0 Å². The standard InChI is InChI=1S/C35H38N4O7S/c1-3-4-21-36-35(41)33(23-27-13-7-5-8-14-27)37(25-28-15-11-18-31(22-28)46-2)34(40)26-38(29-16-12-17-30(24-29)39(42)43)47(44,45)32-19-9-6-10-20-32/h5-20,22,24,33H,3-4,21,23,25-26H2,1-2H3,(H,36,41)/t33-/m1/s1. The number of ether oxygens (including phenoxy) is 1. The SMILES string of the molecule is CCCCNC(=O)[C@@H](Cc1ccccc1)N(Cc1cccc(OC)c1)C(=O)CN(c1cccc([N+](=O)[O-])c1)S(=O)(=O)c1ccccc1. The van der Waals surface area contributed by atoms with Gasteiger partial charge in [-0.15, -0.1) is 0 Å². The van der Waals surface area contributed by atoms with E-state index in [0.29, 0.717) is 17.9 Å². The summed E-state index contributed by atoms with van der Waals surface area (Å²) in [5.74, 6) is -0.511. The van der Waals surface area contributed by atoms with Gasteiger partial charge in [-0.05, 0) is 47.9 Å². The van der Waals surface area contributed by atoms with Gasteiger partial charge in [0.15, 0.2) is 0 Å². The molecule has 4 aromatic rings. The third kappa shape index (κ3) is 9.17. The van der Waals surface area contributed by atoms with Crippen LogP contribution >= 0.6 is 0 Å². The summed E-state index contributed by atoms with van der Waals surface area (Å²) in [6, 6.07) is 27.9. The van der Waals surface area contributed by atoms with Crippen molar-refractivity contribution in [3.63, 3.8) is 0 Å². The molecule has 0 saturated carbocycles. The maximum atomic E-state index is 14.5. The van der Waals surface area contributed by atoms with E-state index in [1.54, 1.807) is 42.5 Å². The number of hydrogen-bond donors (Lipinski definition) is 1. The Morgan fingerprint density at radius 1 is 0.894 bits per heavy atom. The maximum Gasteiger partial charge on any atom is 0.271 e. The molecule has 12 heteroatoms. The molecule has 0 aliphatic heterocycles. The highest BCUT2D eigenvalue weighted by Gasteiger charge is 2.35. The summed E-state index contributed by atoms with van der Waals surface area (Å²) in [7, 11) is -2.87. The largest absolute Gasteiger partial charge is 0.497 e. The number of hydrogen-bond acceptors (Lipinski definition) is 7. The van der Waals surface area contributed by atoms with E-state index in [4.69, 9.17) is 4.74 Å². The summed E-state index contributed by atoms with van der Waals surface area (Å²) in [5.41, 5.74) is 1.06. The summed E-state index contributed by atoms with van der Waals surface area (Å²) in [4.78, 5) is 40.6. The van der Waals surface area contributed by atoms with Gasteiger partial charge in [-0.25, -0.2) is 8.42 Å². The lowest BCUT2D eigenvalue weighted by atomic mass is 10.0. The monoisotopic (exact) mass is 658 g/mol. The molecule has 11 nitrogen and oxygen atoms in total. The predicted molar refractivity (Wildman–Crippen MR) is 179 cm³/mol. The first-order chi connectivity index (χ1) is 22.6. The molecule has 4 aromatic carbocycles. The Morgan fingerprint density at radius 3 is 2.21 bits per heavy atom. The fourth-order valence-corrected chi connectivity index (χ4v) is 6.46. The fraction of sp³-hybridized carbons (Fsp3) is 0.257. The van der Waals surface area contributed by atoms with E-state index < -0.39 is 33.4 Å². The van der Waals surface area contributed by atoms with Crippen LogP contribution in [0.15, 0.2) is 114 Å². The summed E-state index contributed by atoms with van der Waals surface area (Å²) in [6.07, 6.45) is 1.76. The zero-order valence-electron chi connectivity index (χ0n) is 26.3. The molecule has 0 bridgehead atoms. The molecule has 0 spiro atoms. The third-order valence-electron chi connectivity index (χ3n) is 7.53. The Balaban J connectivity index is 1.82. The van der Waals surface area contributed by atoms with E-state index in [-0.39, 0.29) is 35.1 Å². The number of methoxy groups -OCH3 is 1. The molecule has 0 heterocycles. The number of rotatable bonds is 16. The third-order valence-corrected chi connectivity index (χ3v) is 9.31. The Hall–Kier alpha value is -5.23. The molecule has 0 aromatic heterocycles. The van der Waals surface area contributed by atoms with E-state index in [1.807, 2.05) is 37.3 Å². The van der Waals surface area contributed by atoms with Gasteiger partial charge in [0.1, 0.15) is 18.3 Å². The summed E-state index contributed by atoms with van der Waals surface area (Å²) >= 11 is 0. The first kappa shape index (κ1) is 34.6. The van der Waals surface area contributed by atoms with Gasteiger partial charge >= 0.3 is 0 Å². The zero-order valence-corrected chi connectivity index (χ0v) is 27.1. The van der Waals surface area contributed by atoms with E-state index >= 15 is 0 Å². The summed E-state index contributed by atoms with van der Waals surface area (Å²) < 4.78 is 34.4. The van der Waals surface area contributed by atoms with Crippen molar-refractivity contribution in [3.05, 3.63) is 130 Å². The minimum absolute atomic E-state index is 0.0388. The molecule has 0 saturated heterocycles. The van der Waals surface area contributed by atoms with Gasteiger partial charge < -0.3 is 15.0 Å². The Kier molecular flexibility index (Phi) is 12.1. The predicted octanol–water partition coefficient (Wildman–Crippen LogP) is 5.36. The van der Waals surface area contributed by atoms with Gasteiger partial charge in [-0.2, -0.15) is 0 Å². The normalized spacial score (nSPS) is 11.7. The number of nitro groups is 1. The topological polar surface area (TPSA) is 139 Å². The number of benzene rings is 4. The first-order valence-corrected chi connectivity index (χ1v) is 16.6. The lowest BCUT2D eigenvalue weighted by molar-refractivity contribution is -0.384. The van der Waals surface area contributed by atoms with Crippen LogP contribution in [0.25, 0.3) is 0 Å². The number of nitrogens with zero attached hydrogens (tertiary/aromatic N) is 3. The van der Waals surface area contributed by atoms with Crippen LogP contribution in [0, 0.1) is 10.1 Å². The smallest absolute Gasteiger partial charge is 0.271 e. The number of sulfonamides is 1. The minimum Gasteiger partial charge on any atom is -0.497 e. The van der Waals surface area contributed by atoms with Crippen molar-refractivity contribution < 1.29 is 27.7 Å². The second-order valence-corrected chi connectivity index (χ2v) is 12.7. The van der Waals surface area contributed by atoms with Crippen LogP contribution in [-0.2, 0) is 32.6 Å². The first-order valence-electron chi connectivity index (χ1n) is 15.2. The van der Waals surface area contributed by atoms with E-state index in [0.717, 1.165) is 28.8 Å². The van der Waals surface area contributed by atoms with Crippen molar-refractivity contribution in [2.24, 2.45) is 0 Å². The molecule has 2 amide bonds. The van der Waals surface area contributed by atoms with E-state index in [1.165, 1.54) is 42.3 Å². The maximum absolute atomic E-state index is 14.5. The van der Waals surface area contributed by atoms with Crippen LogP contribution in [-0.4, -0.2) is 56.3 Å². The Morgan fingerprint density at radius 2 is 1.55 bits per heavy atom. The molecule has 246 valence electrons. The van der Waals surface area contributed by atoms with Crippen molar-refractivity contribution in [3.8, 4) is 5.75 Å². The highest BCUT2D eigenvalue weighted by Crippen LogP contribution is 2.28. The van der Waals surface area contributed by atoms with Gasteiger partial charge in [0, 0.05) is 31.6 Å². The summed E-state index contributed by atoms with van der Waals surface area (Å²) in [6.45, 7) is 1.64. The quantitative estimate of drug-likeness (QED) is 0.0972. The second-order valence-electron chi connectivity index (χ2n) is 10.8. The van der Waals surface area contributed by atoms with Crippen molar-refractivity contribution in [1.29, 1.82) is 0 Å². The molecule has 47 heavy (non-hydrogen) atoms. The highest BCUT2D eigenvalue weighted by molar-refractivity contribution is 7.92. The Bertz CT molecular complexity index is 1770. The van der Waals surface area contributed by atoms with Crippen LogP contribution in [0.5, 0.6) is 5.75 Å². The molecule has 0 aliphatic rings. The number of carbonyl (C=O) groups excluding carboxylic acids is 2. The molecule has 0 fully saturated rings. The number of carbonyl (C=O) groups is 2. The van der Waals surface area contributed by atoms with Crippen molar-refractivity contribution in [2.45, 2.75) is 43.7 Å². The molecule has 0 radical (unpaired) electrons. The second kappa shape index (κ2) is 16.4. The number of anilines is 1. The van der Waals surface area contributed by atoms with Gasteiger partial charge in [-0.3, -0.25) is 24.0 Å². The molecule has 0 aliphatic carbocycles. The van der Waals surface area contributed by atoms with Crippen LogP contribution in [0.3, 0.4) is 0 Å². The number of amides is 2. The molecule has 1 N–H and O–H groups in total. The average molecular weight is 659 g/mol. The minimum atomic E-state index is -4.39. The van der Waals surface area contributed by atoms with Crippen LogP contribution in [0.4, 0.5) is 11.4 Å². The van der Waals surface area contributed by atoms with E-state index in [9.17, 15) is 28.1 Å². The molecular weight excluding hydrogens is 620 g/mol. The lowest BCUT2D eigenvalue weighted by Gasteiger charge is -2.34. The van der Waals surface area contributed by atoms with Crippen molar-refractivity contribution in [1.82, 2.24) is 10.2 Å². The Labute approximate surface area is 275 Å². The average Bonchev–Trinajstić information content (AvgIpc) is 3.09. The highest BCUT2D eigenvalue weighted by atomic mass is 32.2. The lowest BCUT2D eigenvalue weighted by Crippen LogP contribution is -2.53. The van der Waals surface area contributed by atoms with Gasteiger partial charge in [0.2, 0.25) is 11.8 Å². The van der Waals surface area contributed by atoms with Crippen LogP contribution < -0.4 is 14.4 Å². The fourth-order valence-electron chi connectivity index (χ4n) is 5.04. The molecule has 1 atom stereocenters. The van der Waals surface area contributed by atoms with Crippen LogP contribution in [0.1, 0.15) is 30.9 Å². The molecule has 0 unspecified atom stereocenters. The number of nitrogens with one attached hydrogen (secondary N) is 1. The number of nitro benzene ring substituents is 1. The summed E-state index contributed by atoms with van der Waals surface area (Å²) in [5, 5.41) is 14.6. The molecular formula is C35H38N4O7S. The molecule has 4 rings (SSSR count).